The number of halogens is 2. The van der Waals surface area contributed by atoms with Crippen LogP contribution < -0.4 is 4.90 Å². The Balaban J connectivity index is 3.10. The van der Waals surface area contributed by atoms with E-state index in [0.29, 0.717) is 10.8 Å². The lowest BCUT2D eigenvalue weighted by Gasteiger charge is -2.36. The van der Waals surface area contributed by atoms with Crippen LogP contribution in [0.5, 0.6) is 0 Å². The third-order valence-electron chi connectivity index (χ3n) is 2.79. The van der Waals surface area contributed by atoms with Gasteiger partial charge in [0.25, 0.3) is 0 Å². The van der Waals surface area contributed by atoms with Crippen LogP contribution in [0.15, 0.2) is 6.20 Å². The minimum atomic E-state index is -0.0126. The summed E-state index contributed by atoms with van der Waals surface area (Å²) in [5.74, 6) is 0.670. The smallest absolute Gasteiger partial charge is 0.224 e. The molecule has 3 nitrogen and oxygen atoms in total. The number of hydrogen-bond acceptors (Lipinski definition) is 3. The van der Waals surface area contributed by atoms with E-state index >= 15 is 0 Å². The number of anilines is 1. The summed E-state index contributed by atoms with van der Waals surface area (Å²) in [6, 6.07) is 0. The Morgan fingerprint density at radius 1 is 1.40 bits per heavy atom. The Morgan fingerprint density at radius 2 is 2.00 bits per heavy atom. The number of rotatable bonds is 3. The highest BCUT2D eigenvalue weighted by atomic mass is 35.5. The molecule has 0 aliphatic heterocycles. The molecule has 1 rings (SSSR count). The van der Waals surface area contributed by atoms with Crippen molar-refractivity contribution in [2.75, 3.05) is 11.9 Å². The van der Waals surface area contributed by atoms with E-state index in [9.17, 15) is 0 Å². The first-order valence-electron chi connectivity index (χ1n) is 4.80. The molecule has 0 aromatic carbocycles. The highest BCUT2D eigenvalue weighted by Crippen LogP contribution is 2.29. The van der Waals surface area contributed by atoms with Gasteiger partial charge < -0.3 is 4.90 Å². The first-order valence-corrected chi connectivity index (χ1v) is 5.56. The first kappa shape index (κ1) is 12.5. The van der Waals surface area contributed by atoms with E-state index in [1.165, 1.54) is 6.20 Å². The van der Waals surface area contributed by atoms with Crippen LogP contribution in [0.2, 0.25) is 10.3 Å². The van der Waals surface area contributed by atoms with Gasteiger partial charge in [0.05, 0.1) is 6.20 Å². The number of hydrogen-bond donors (Lipinski definition) is 0. The van der Waals surface area contributed by atoms with Crippen molar-refractivity contribution in [3.63, 3.8) is 0 Å². The maximum atomic E-state index is 6.03. The normalized spacial score (nSPS) is 11.6. The summed E-state index contributed by atoms with van der Waals surface area (Å²) in [6.45, 7) is 6.37. The van der Waals surface area contributed by atoms with Crippen molar-refractivity contribution < 1.29 is 0 Å². The zero-order chi connectivity index (χ0) is 11.6. The lowest BCUT2D eigenvalue weighted by Crippen LogP contribution is -2.41. The molecule has 1 aromatic heterocycles. The van der Waals surface area contributed by atoms with Gasteiger partial charge in [0.2, 0.25) is 5.28 Å². The molecule has 0 unspecified atom stereocenters. The molecule has 1 aromatic rings. The van der Waals surface area contributed by atoms with Crippen LogP contribution in [0.1, 0.15) is 27.2 Å². The van der Waals surface area contributed by atoms with E-state index in [1.54, 1.807) is 0 Å². The average Bonchev–Trinajstić information content (AvgIpc) is 2.20. The summed E-state index contributed by atoms with van der Waals surface area (Å²) in [7, 11) is 1.95. The van der Waals surface area contributed by atoms with E-state index in [0.717, 1.165) is 6.42 Å². The standard InChI is InChI=1S/C10H15Cl2N3/c1-5-10(2,3)15(4)8-7(11)6-13-9(12)14-8/h6H,5H2,1-4H3. The van der Waals surface area contributed by atoms with Crippen molar-refractivity contribution in [2.24, 2.45) is 0 Å². The van der Waals surface area contributed by atoms with Crippen LogP contribution in [-0.2, 0) is 0 Å². The Labute approximate surface area is 100 Å². The Morgan fingerprint density at radius 3 is 2.53 bits per heavy atom. The third-order valence-corrected chi connectivity index (χ3v) is 3.24. The SMILES string of the molecule is CCC(C)(C)N(C)c1nc(Cl)ncc1Cl. The second-order valence-electron chi connectivity index (χ2n) is 4.04. The zero-order valence-electron chi connectivity index (χ0n) is 9.38. The summed E-state index contributed by atoms with van der Waals surface area (Å²) >= 11 is 11.8. The van der Waals surface area contributed by atoms with Gasteiger partial charge in [0.15, 0.2) is 5.82 Å². The van der Waals surface area contributed by atoms with Gasteiger partial charge in [-0.3, -0.25) is 0 Å². The van der Waals surface area contributed by atoms with E-state index in [2.05, 4.69) is 30.7 Å². The molecule has 0 N–H and O–H groups in total. The molecule has 5 heteroatoms. The van der Waals surface area contributed by atoms with Crippen molar-refractivity contribution in [3.05, 3.63) is 16.5 Å². The van der Waals surface area contributed by atoms with E-state index in [1.807, 2.05) is 11.9 Å². The highest BCUT2D eigenvalue weighted by molar-refractivity contribution is 6.33. The molecule has 84 valence electrons. The zero-order valence-corrected chi connectivity index (χ0v) is 10.9. The quantitative estimate of drug-likeness (QED) is 0.767. The van der Waals surface area contributed by atoms with Gasteiger partial charge in [-0.25, -0.2) is 4.98 Å². The van der Waals surface area contributed by atoms with Gasteiger partial charge in [0.1, 0.15) is 5.02 Å². The van der Waals surface area contributed by atoms with Gasteiger partial charge in [-0.2, -0.15) is 4.98 Å². The largest absolute Gasteiger partial charge is 0.353 e. The molecule has 0 spiro atoms. The minimum Gasteiger partial charge on any atom is -0.353 e. The second kappa shape index (κ2) is 4.54. The summed E-state index contributed by atoms with van der Waals surface area (Å²) in [5.41, 5.74) is -0.0126. The molecule has 0 saturated heterocycles. The topological polar surface area (TPSA) is 29.0 Å². The van der Waals surface area contributed by atoms with Crippen LogP contribution in [0.25, 0.3) is 0 Å². The molecule has 0 aliphatic carbocycles. The lowest BCUT2D eigenvalue weighted by molar-refractivity contribution is 0.467. The van der Waals surface area contributed by atoms with Crippen LogP contribution >= 0.6 is 23.2 Å². The lowest BCUT2D eigenvalue weighted by atomic mass is 10.0. The maximum Gasteiger partial charge on any atom is 0.224 e. The molecule has 0 radical (unpaired) electrons. The molecule has 0 bridgehead atoms. The van der Waals surface area contributed by atoms with Crippen LogP contribution in [0.4, 0.5) is 5.82 Å². The Bertz CT molecular complexity index is 353. The summed E-state index contributed by atoms with van der Waals surface area (Å²) < 4.78 is 0. The molecule has 15 heavy (non-hydrogen) atoms. The number of nitrogens with zero attached hydrogens (tertiary/aromatic N) is 3. The summed E-state index contributed by atoms with van der Waals surface area (Å²) in [5, 5.41) is 0.733. The molecule has 0 saturated carbocycles. The number of aromatic nitrogens is 2. The predicted molar refractivity (Wildman–Crippen MR) is 64.8 cm³/mol. The third kappa shape index (κ3) is 2.73. The molecule has 0 fully saturated rings. The second-order valence-corrected chi connectivity index (χ2v) is 4.78. The van der Waals surface area contributed by atoms with E-state index in [-0.39, 0.29) is 10.8 Å². The fourth-order valence-electron chi connectivity index (χ4n) is 1.10. The van der Waals surface area contributed by atoms with Crippen molar-refractivity contribution in [2.45, 2.75) is 32.7 Å². The highest BCUT2D eigenvalue weighted by Gasteiger charge is 2.24. The minimum absolute atomic E-state index is 0.0126. The summed E-state index contributed by atoms with van der Waals surface area (Å²) in [4.78, 5) is 9.98. The van der Waals surface area contributed by atoms with Crippen molar-refractivity contribution >= 4 is 29.0 Å². The van der Waals surface area contributed by atoms with Crippen molar-refractivity contribution in [1.82, 2.24) is 9.97 Å². The Hall–Kier alpha value is -0.540. The fourth-order valence-corrected chi connectivity index (χ4v) is 1.44. The summed E-state index contributed by atoms with van der Waals surface area (Å²) in [6.07, 6.45) is 2.51. The Kier molecular flexibility index (Phi) is 3.79. The van der Waals surface area contributed by atoms with Crippen molar-refractivity contribution in [1.29, 1.82) is 0 Å². The molecule has 0 aliphatic rings. The predicted octanol–water partition coefficient (Wildman–Crippen LogP) is 3.41. The van der Waals surface area contributed by atoms with Crippen LogP contribution in [0, 0.1) is 0 Å². The molecule has 1 heterocycles. The van der Waals surface area contributed by atoms with Crippen LogP contribution in [0.3, 0.4) is 0 Å². The van der Waals surface area contributed by atoms with Gasteiger partial charge >= 0.3 is 0 Å². The molecule has 0 atom stereocenters. The van der Waals surface area contributed by atoms with Gasteiger partial charge in [0, 0.05) is 12.6 Å². The molecular weight excluding hydrogens is 233 g/mol. The maximum absolute atomic E-state index is 6.03. The molecular formula is C10H15Cl2N3. The van der Waals surface area contributed by atoms with E-state index < -0.39 is 0 Å². The van der Waals surface area contributed by atoms with Crippen LogP contribution in [-0.4, -0.2) is 22.6 Å². The van der Waals surface area contributed by atoms with Gasteiger partial charge in [-0.05, 0) is 31.9 Å². The van der Waals surface area contributed by atoms with Crippen molar-refractivity contribution in [3.8, 4) is 0 Å². The first-order chi connectivity index (χ1) is 6.88. The van der Waals surface area contributed by atoms with Gasteiger partial charge in [-0.1, -0.05) is 18.5 Å². The van der Waals surface area contributed by atoms with Gasteiger partial charge in [-0.15, -0.1) is 0 Å². The fraction of sp³-hybridized carbons (Fsp3) is 0.600. The average molecular weight is 248 g/mol. The monoisotopic (exact) mass is 247 g/mol. The molecule has 0 amide bonds. The van der Waals surface area contributed by atoms with E-state index in [4.69, 9.17) is 23.2 Å².